The van der Waals surface area contributed by atoms with Crippen molar-refractivity contribution in [2.45, 2.75) is 40.2 Å². The van der Waals surface area contributed by atoms with E-state index in [0.29, 0.717) is 24.6 Å². The number of hydrogen-bond donors (Lipinski definition) is 1. The molecule has 0 fully saturated rings. The Morgan fingerprint density at radius 3 is 2.58 bits per heavy atom. The van der Waals surface area contributed by atoms with Crippen molar-refractivity contribution < 1.29 is 13.9 Å². The van der Waals surface area contributed by atoms with Gasteiger partial charge in [-0.05, 0) is 49.9 Å². The lowest BCUT2D eigenvalue weighted by molar-refractivity contribution is -0.144. The Morgan fingerprint density at radius 2 is 2.05 bits per heavy atom. The predicted molar refractivity (Wildman–Crippen MR) is 74.6 cm³/mol. The van der Waals surface area contributed by atoms with Gasteiger partial charge in [-0.15, -0.1) is 0 Å². The van der Waals surface area contributed by atoms with Crippen molar-refractivity contribution >= 4 is 11.7 Å². The maximum absolute atomic E-state index is 13.3. The molecule has 0 amide bonds. The normalized spacial score (nSPS) is 12.3. The number of anilines is 1. The molecule has 1 atom stereocenters. The number of ether oxygens (including phenoxy) is 1. The second kappa shape index (κ2) is 7.12. The molecule has 1 aromatic carbocycles. The van der Waals surface area contributed by atoms with Gasteiger partial charge in [0.15, 0.2) is 0 Å². The topological polar surface area (TPSA) is 38.3 Å². The average molecular weight is 267 g/mol. The zero-order valence-corrected chi connectivity index (χ0v) is 12.0. The van der Waals surface area contributed by atoms with Crippen molar-refractivity contribution in [3.8, 4) is 0 Å². The fraction of sp³-hybridized carbons (Fsp3) is 0.533. The number of rotatable bonds is 6. The van der Waals surface area contributed by atoms with E-state index in [1.54, 1.807) is 6.92 Å². The third kappa shape index (κ3) is 5.28. The van der Waals surface area contributed by atoms with E-state index in [4.69, 9.17) is 4.74 Å². The summed E-state index contributed by atoms with van der Waals surface area (Å²) in [7, 11) is 0. The van der Waals surface area contributed by atoms with E-state index in [2.05, 4.69) is 5.32 Å². The van der Waals surface area contributed by atoms with Crippen molar-refractivity contribution in [2.75, 3.05) is 11.9 Å². The van der Waals surface area contributed by atoms with Crippen molar-refractivity contribution in [3.63, 3.8) is 0 Å². The molecule has 0 aliphatic rings. The number of halogens is 1. The number of aryl methyl sites for hydroxylation is 1. The minimum absolute atomic E-state index is 0.293. The van der Waals surface area contributed by atoms with Gasteiger partial charge in [-0.1, -0.05) is 13.8 Å². The van der Waals surface area contributed by atoms with Gasteiger partial charge < -0.3 is 10.1 Å². The molecule has 0 radical (unpaired) electrons. The molecular weight excluding hydrogens is 245 g/mol. The van der Waals surface area contributed by atoms with Crippen LogP contribution in [0.25, 0.3) is 0 Å². The molecule has 1 unspecified atom stereocenters. The van der Waals surface area contributed by atoms with Crippen LogP contribution in [0.15, 0.2) is 18.2 Å². The largest absolute Gasteiger partial charge is 0.464 e. The first-order valence-electron chi connectivity index (χ1n) is 6.62. The highest BCUT2D eigenvalue weighted by molar-refractivity contribution is 5.79. The third-order valence-corrected chi connectivity index (χ3v) is 2.66. The maximum atomic E-state index is 13.3. The van der Waals surface area contributed by atoms with Gasteiger partial charge in [-0.3, -0.25) is 0 Å². The summed E-state index contributed by atoms with van der Waals surface area (Å²) in [5, 5.41) is 3.06. The molecule has 1 aromatic rings. The van der Waals surface area contributed by atoms with Gasteiger partial charge >= 0.3 is 5.97 Å². The van der Waals surface area contributed by atoms with Crippen molar-refractivity contribution in [1.29, 1.82) is 0 Å². The molecule has 0 saturated carbocycles. The van der Waals surface area contributed by atoms with Gasteiger partial charge in [0, 0.05) is 5.69 Å². The minimum atomic E-state index is -0.443. The number of esters is 1. The van der Waals surface area contributed by atoms with Gasteiger partial charge in [-0.25, -0.2) is 9.18 Å². The maximum Gasteiger partial charge on any atom is 0.328 e. The average Bonchev–Trinajstić information content (AvgIpc) is 2.26. The van der Waals surface area contributed by atoms with Crippen LogP contribution >= 0.6 is 0 Å². The lowest BCUT2D eigenvalue weighted by Crippen LogP contribution is -2.32. The van der Waals surface area contributed by atoms with Crippen LogP contribution in [0.2, 0.25) is 0 Å². The summed E-state index contributed by atoms with van der Waals surface area (Å²) in [6.07, 6.45) is 0.647. The zero-order chi connectivity index (χ0) is 14.4. The highest BCUT2D eigenvalue weighted by Crippen LogP contribution is 2.17. The summed E-state index contributed by atoms with van der Waals surface area (Å²) in [6, 6.07) is 4.21. The zero-order valence-electron chi connectivity index (χ0n) is 12.0. The number of hydrogen-bond acceptors (Lipinski definition) is 3. The van der Waals surface area contributed by atoms with Gasteiger partial charge in [-0.2, -0.15) is 0 Å². The van der Waals surface area contributed by atoms with E-state index in [9.17, 15) is 9.18 Å². The number of benzene rings is 1. The summed E-state index contributed by atoms with van der Waals surface area (Å²) in [5.74, 6) is -0.260. The minimum Gasteiger partial charge on any atom is -0.464 e. The molecule has 1 rings (SSSR count). The van der Waals surface area contributed by atoms with E-state index < -0.39 is 6.04 Å². The van der Waals surface area contributed by atoms with E-state index in [0.717, 1.165) is 5.56 Å². The van der Waals surface area contributed by atoms with Crippen LogP contribution in [0.4, 0.5) is 10.1 Å². The lowest BCUT2D eigenvalue weighted by atomic mass is 10.0. The van der Waals surface area contributed by atoms with Crippen molar-refractivity contribution in [3.05, 3.63) is 29.6 Å². The first-order valence-corrected chi connectivity index (χ1v) is 6.62. The van der Waals surface area contributed by atoms with Crippen molar-refractivity contribution in [1.82, 2.24) is 0 Å². The monoisotopic (exact) mass is 267 g/mol. The summed E-state index contributed by atoms with van der Waals surface area (Å²) in [4.78, 5) is 11.9. The lowest BCUT2D eigenvalue weighted by Gasteiger charge is -2.20. The highest BCUT2D eigenvalue weighted by Gasteiger charge is 2.21. The third-order valence-electron chi connectivity index (χ3n) is 2.66. The van der Waals surface area contributed by atoms with Gasteiger partial charge in [0.25, 0.3) is 0 Å². The molecule has 0 aromatic heterocycles. The van der Waals surface area contributed by atoms with Gasteiger partial charge in [0.2, 0.25) is 0 Å². The van der Waals surface area contributed by atoms with E-state index in [1.807, 2.05) is 26.8 Å². The molecule has 0 aliphatic carbocycles. The standard InChI is InChI=1S/C15H22FNO2/c1-5-19-15(18)14(6-10(2)3)17-13-8-11(4)7-12(16)9-13/h7-10,14,17H,5-6H2,1-4H3. The van der Waals surface area contributed by atoms with Crippen LogP contribution in [-0.2, 0) is 9.53 Å². The van der Waals surface area contributed by atoms with Crippen LogP contribution in [0.1, 0.15) is 32.8 Å². The molecule has 0 saturated heterocycles. The molecule has 19 heavy (non-hydrogen) atoms. The molecule has 0 heterocycles. The van der Waals surface area contributed by atoms with Crippen molar-refractivity contribution in [2.24, 2.45) is 5.92 Å². The molecule has 0 aliphatic heterocycles. The Labute approximate surface area is 114 Å². The SMILES string of the molecule is CCOC(=O)C(CC(C)C)Nc1cc(C)cc(F)c1. The predicted octanol–water partition coefficient (Wildman–Crippen LogP) is 3.52. The second-order valence-corrected chi connectivity index (χ2v) is 5.10. The summed E-state index contributed by atoms with van der Waals surface area (Å²) in [5.41, 5.74) is 1.42. The van der Waals surface area contributed by atoms with Gasteiger partial charge in [0.1, 0.15) is 11.9 Å². The van der Waals surface area contributed by atoms with Crippen LogP contribution in [0.5, 0.6) is 0 Å². The quantitative estimate of drug-likeness (QED) is 0.801. The molecule has 1 N–H and O–H groups in total. The molecule has 0 bridgehead atoms. The Hall–Kier alpha value is -1.58. The Balaban J connectivity index is 2.83. The molecular formula is C15H22FNO2. The Bertz CT molecular complexity index is 412. The van der Waals surface area contributed by atoms with E-state index in [-0.39, 0.29) is 11.8 Å². The van der Waals surface area contributed by atoms with Crippen LogP contribution in [0, 0.1) is 18.7 Å². The highest BCUT2D eigenvalue weighted by atomic mass is 19.1. The van der Waals surface area contributed by atoms with E-state index >= 15 is 0 Å². The van der Waals surface area contributed by atoms with E-state index in [1.165, 1.54) is 12.1 Å². The summed E-state index contributed by atoms with van der Waals surface area (Å²) >= 11 is 0. The molecule has 3 nitrogen and oxygen atoms in total. The molecule has 4 heteroatoms. The first-order chi connectivity index (χ1) is 8.92. The van der Waals surface area contributed by atoms with Crippen LogP contribution in [0.3, 0.4) is 0 Å². The van der Waals surface area contributed by atoms with Crippen LogP contribution in [-0.4, -0.2) is 18.6 Å². The fourth-order valence-corrected chi connectivity index (χ4v) is 1.95. The number of carbonyl (C=O) groups is 1. The second-order valence-electron chi connectivity index (χ2n) is 5.10. The molecule has 106 valence electrons. The fourth-order valence-electron chi connectivity index (χ4n) is 1.95. The number of nitrogens with one attached hydrogen (secondary N) is 1. The van der Waals surface area contributed by atoms with Gasteiger partial charge in [0.05, 0.1) is 6.61 Å². The summed E-state index contributed by atoms with van der Waals surface area (Å²) in [6.45, 7) is 8.00. The smallest absolute Gasteiger partial charge is 0.328 e. The Morgan fingerprint density at radius 1 is 1.37 bits per heavy atom. The number of carbonyl (C=O) groups excluding carboxylic acids is 1. The van der Waals surface area contributed by atoms with Crippen LogP contribution < -0.4 is 5.32 Å². The molecule has 0 spiro atoms. The first kappa shape index (κ1) is 15.5. The summed E-state index contributed by atoms with van der Waals surface area (Å²) < 4.78 is 18.4. The Kier molecular flexibility index (Phi) is 5.80.